The summed E-state index contributed by atoms with van der Waals surface area (Å²) >= 11 is 9.53. The van der Waals surface area contributed by atoms with Gasteiger partial charge in [-0.25, -0.2) is 4.79 Å². The van der Waals surface area contributed by atoms with E-state index in [0.29, 0.717) is 13.1 Å². The second-order valence-corrected chi connectivity index (χ2v) is 13.1. The van der Waals surface area contributed by atoms with Crippen molar-refractivity contribution in [2.75, 3.05) is 57.7 Å². The molecule has 4 aromatic heterocycles. The van der Waals surface area contributed by atoms with Crippen LogP contribution in [-0.2, 0) is 4.74 Å². The number of hydrogen-bond acceptors (Lipinski definition) is 9. The summed E-state index contributed by atoms with van der Waals surface area (Å²) in [6.07, 6.45) is 14.7. The molecule has 0 aromatic carbocycles. The lowest BCUT2D eigenvalue weighted by Crippen LogP contribution is -2.51. The molecule has 48 heavy (non-hydrogen) atoms. The van der Waals surface area contributed by atoms with Gasteiger partial charge in [0, 0.05) is 102 Å². The molecule has 2 fully saturated rings. The summed E-state index contributed by atoms with van der Waals surface area (Å²) in [5.74, 6) is 0. The molecule has 12 heteroatoms. The van der Waals surface area contributed by atoms with Crippen LogP contribution in [-0.4, -0.2) is 104 Å². The molecular formula is C36H46Cl2N8O2. The van der Waals surface area contributed by atoms with Gasteiger partial charge in [-0.2, -0.15) is 0 Å². The van der Waals surface area contributed by atoms with Gasteiger partial charge in [0.15, 0.2) is 0 Å². The molecule has 0 unspecified atom stereocenters. The van der Waals surface area contributed by atoms with Crippen molar-refractivity contribution in [3.05, 3.63) is 120 Å². The average molecular weight is 694 g/mol. The molecule has 1 N–H and O–H groups in total. The maximum absolute atomic E-state index is 12.3. The molecule has 0 bridgehead atoms. The zero-order valence-corrected chi connectivity index (χ0v) is 29.5. The Bertz CT molecular complexity index is 1370. The molecule has 10 nitrogen and oxygen atoms in total. The van der Waals surface area contributed by atoms with Crippen LogP contribution in [0.3, 0.4) is 0 Å². The van der Waals surface area contributed by atoms with E-state index in [2.05, 4.69) is 59.3 Å². The van der Waals surface area contributed by atoms with Gasteiger partial charge in [-0.1, -0.05) is 24.3 Å². The minimum absolute atomic E-state index is 0.0817. The highest BCUT2D eigenvalue weighted by Crippen LogP contribution is 2.29. The van der Waals surface area contributed by atoms with Gasteiger partial charge in [0.2, 0.25) is 0 Å². The quantitative estimate of drug-likeness (QED) is 0.244. The number of carbonyl (C=O) groups excluding carboxylic acids is 1. The van der Waals surface area contributed by atoms with E-state index >= 15 is 0 Å². The van der Waals surface area contributed by atoms with Crippen molar-refractivity contribution in [2.24, 2.45) is 0 Å². The van der Waals surface area contributed by atoms with Crippen LogP contribution in [0, 0.1) is 0 Å². The molecule has 0 spiro atoms. The predicted octanol–water partition coefficient (Wildman–Crippen LogP) is 6.01. The number of hydrogen-bond donors (Lipinski definition) is 1. The van der Waals surface area contributed by atoms with Crippen LogP contribution in [0.2, 0.25) is 0 Å². The topological polar surface area (TPSA) is 99.6 Å². The normalized spacial score (nSPS) is 15.6. The highest BCUT2D eigenvalue weighted by atomic mass is 35.5. The summed E-state index contributed by atoms with van der Waals surface area (Å²) in [5.41, 5.74) is 4.26. The summed E-state index contributed by atoms with van der Waals surface area (Å²) in [6.45, 7) is 12.7. The van der Waals surface area contributed by atoms with E-state index < -0.39 is 5.60 Å². The molecule has 256 valence electrons. The number of pyridine rings is 4. The molecule has 4 aromatic rings. The lowest BCUT2D eigenvalue weighted by molar-refractivity contribution is 0.0119. The van der Waals surface area contributed by atoms with Crippen molar-refractivity contribution in [3.63, 3.8) is 0 Å². The number of ether oxygens (including phenoxy) is 1. The molecule has 2 saturated heterocycles. The number of halogens is 2. The third-order valence-corrected chi connectivity index (χ3v) is 7.85. The SMILES string of the molecule is CC(C)(C)OC(=O)N1CCN(C(c2cccnc2)c2cccnc2)CC1.ClCCl.c1cncc(C(c2cccnc2)N2CCNCC2)c1. The number of nitrogens with one attached hydrogen (secondary N) is 1. The van der Waals surface area contributed by atoms with Crippen LogP contribution in [0.1, 0.15) is 55.1 Å². The Labute approximate surface area is 294 Å². The fourth-order valence-electron chi connectivity index (χ4n) is 5.81. The van der Waals surface area contributed by atoms with Crippen LogP contribution < -0.4 is 5.32 Å². The second-order valence-electron chi connectivity index (χ2n) is 12.3. The Morgan fingerprint density at radius 3 is 1.35 bits per heavy atom. The number of rotatable bonds is 6. The molecule has 6 heterocycles. The fourth-order valence-corrected chi connectivity index (χ4v) is 5.81. The van der Waals surface area contributed by atoms with Crippen molar-refractivity contribution in [1.29, 1.82) is 0 Å². The Morgan fingerprint density at radius 1 is 0.688 bits per heavy atom. The van der Waals surface area contributed by atoms with Crippen molar-refractivity contribution in [2.45, 2.75) is 38.5 Å². The standard InChI is InChI=1S/C20H26N4O2.C15H18N4.CH2Cl2/c1-20(2,3)26-19(25)24-12-10-23(11-13-24)18(16-6-4-8-21-14-16)17-7-5-9-22-15-17;1-3-13(11-17-5-1)15(14-4-2-6-18-12-14)19-9-7-16-8-10-19;2-1-3/h4-9,14-15,18H,10-13H2,1-3H3;1-6,11-12,15-16H,7-10H2;1H2. The van der Waals surface area contributed by atoms with Crippen LogP contribution in [0.4, 0.5) is 4.79 Å². The molecule has 0 atom stereocenters. The van der Waals surface area contributed by atoms with Crippen LogP contribution in [0.5, 0.6) is 0 Å². The van der Waals surface area contributed by atoms with Crippen LogP contribution in [0.25, 0.3) is 0 Å². The molecule has 1 amide bonds. The minimum Gasteiger partial charge on any atom is -0.444 e. The van der Waals surface area contributed by atoms with Crippen molar-refractivity contribution < 1.29 is 9.53 Å². The summed E-state index contributed by atoms with van der Waals surface area (Å²) in [4.78, 5) is 36.0. The minimum atomic E-state index is -0.470. The highest BCUT2D eigenvalue weighted by molar-refractivity contribution is 6.40. The Morgan fingerprint density at radius 2 is 1.04 bits per heavy atom. The van der Waals surface area contributed by atoms with E-state index in [4.69, 9.17) is 27.9 Å². The van der Waals surface area contributed by atoms with E-state index in [1.807, 2.05) is 82.2 Å². The summed E-state index contributed by atoms with van der Waals surface area (Å²) in [7, 11) is 0. The zero-order valence-electron chi connectivity index (χ0n) is 28.0. The van der Waals surface area contributed by atoms with E-state index in [-0.39, 0.29) is 23.5 Å². The van der Waals surface area contributed by atoms with E-state index in [1.54, 1.807) is 17.3 Å². The molecule has 6 rings (SSSR count). The summed E-state index contributed by atoms with van der Waals surface area (Å²) in [6, 6.07) is 16.7. The summed E-state index contributed by atoms with van der Waals surface area (Å²) < 4.78 is 5.49. The predicted molar refractivity (Wildman–Crippen MR) is 191 cm³/mol. The maximum atomic E-state index is 12.3. The maximum Gasteiger partial charge on any atom is 0.410 e. The Hall–Kier alpha value is -3.67. The molecule has 2 aliphatic rings. The number of nitrogens with zero attached hydrogens (tertiary/aromatic N) is 7. The highest BCUT2D eigenvalue weighted by Gasteiger charge is 2.30. The van der Waals surface area contributed by atoms with E-state index in [9.17, 15) is 4.79 Å². The lowest BCUT2D eigenvalue weighted by Gasteiger charge is -2.39. The molecule has 0 radical (unpaired) electrons. The molecular weight excluding hydrogens is 647 g/mol. The van der Waals surface area contributed by atoms with Gasteiger partial charge in [0.1, 0.15) is 5.60 Å². The Kier molecular flexibility index (Phi) is 15.0. The first kappa shape index (κ1) is 37.2. The average Bonchev–Trinajstić information content (AvgIpc) is 3.11. The zero-order chi connectivity index (χ0) is 34.2. The first-order valence-corrected chi connectivity index (χ1v) is 17.3. The third-order valence-electron chi connectivity index (χ3n) is 7.85. The van der Waals surface area contributed by atoms with Gasteiger partial charge < -0.3 is 15.0 Å². The summed E-state index contributed by atoms with van der Waals surface area (Å²) in [5, 5.41) is 3.59. The lowest BCUT2D eigenvalue weighted by atomic mass is 9.99. The number of carbonyl (C=O) groups is 1. The fraction of sp³-hybridized carbons (Fsp3) is 0.417. The smallest absolute Gasteiger partial charge is 0.410 e. The number of aromatic nitrogens is 4. The second kappa shape index (κ2) is 19.4. The van der Waals surface area contributed by atoms with Gasteiger partial charge in [-0.15, -0.1) is 23.2 Å². The van der Waals surface area contributed by atoms with Crippen LogP contribution in [0.15, 0.2) is 98.1 Å². The van der Waals surface area contributed by atoms with Gasteiger partial charge in [0.05, 0.1) is 17.4 Å². The first-order chi connectivity index (χ1) is 23.3. The van der Waals surface area contributed by atoms with Crippen molar-refractivity contribution in [3.8, 4) is 0 Å². The number of alkyl halides is 2. The van der Waals surface area contributed by atoms with E-state index in [0.717, 1.165) is 50.4 Å². The van der Waals surface area contributed by atoms with Gasteiger partial charge >= 0.3 is 6.09 Å². The molecule has 2 aliphatic heterocycles. The van der Waals surface area contributed by atoms with Crippen LogP contribution >= 0.6 is 23.2 Å². The molecule has 0 aliphatic carbocycles. The molecule has 0 saturated carbocycles. The van der Waals surface area contributed by atoms with Crippen molar-refractivity contribution >= 4 is 29.3 Å². The largest absolute Gasteiger partial charge is 0.444 e. The van der Waals surface area contributed by atoms with Gasteiger partial charge in [-0.3, -0.25) is 29.7 Å². The van der Waals surface area contributed by atoms with Crippen molar-refractivity contribution in [1.82, 2.24) is 40.0 Å². The monoisotopic (exact) mass is 692 g/mol. The van der Waals surface area contributed by atoms with E-state index in [1.165, 1.54) is 11.1 Å². The van der Waals surface area contributed by atoms with Gasteiger partial charge in [-0.05, 0) is 67.3 Å². The number of amides is 1. The Balaban J connectivity index is 0.000000208. The van der Waals surface area contributed by atoms with Gasteiger partial charge in [0.25, 0.3) is 0 Å². The third kappa shape index (κ3) is 11.5. The first-order valence-electron chi connectivity index (χ1n) is 16.2. The number of piperazine rings is 2.